The van der Waals surface area contributed by atoms with Gasteiger partial charge in [-0.2, -0.15) is 5.10 Å². The van der Waals surface area contributed by atoms with E-state index in [9.17, 15) is 0 Å². The molecule has 0 aliphatic carbocycles. The molecule has 7 heteroatoms. The lowest BCUT2D eigenvalue weighted by Crippen LogP contribution is -2.33. The monoisotopic (exact) mass is 314 g/mol. The Morgan fingerprint density at radius 3 is 3.13 bits per heavy atom. The molecule has 2 saturated heterocycles. The minimum absolute atomic E-state index is 0.0118. The maximum absolute atomic E-state index is 6.19. The highest BCUT2D eigenvalue weighted by Crippen LogP contribution is 2.36. The molecule has 2 aromatic heterocycles. The summed E-state index contributed by atoms with van der Waals surface area (Å²) in [6, 6.07) is 0.310. The molecule has 0 radical (unpaired) electrons. The number of ether oxygens (including phenoxy) is 1. The third kappa shape index (κ3) is 3.20. The van der Waals surface area contributed by atoms with E-state index >= 15 is 0 Å². The van der Waals surface area contributed by atoms with Crippen LogP contribution in [0.1, 0.15) is 18.4 Å². The van der Waals surface area contributed by atoms with E-state index in [1.54, 1.807) is 18.6 Å². The third-order valence-electron chi connectivity index (χ3n) is 4.68. The van der Waals surface area contributed by atoms with Gasteiger partial charge in [0.15, 0.2) is 0 Å². The van der Waals surface area contributed by atoms with Crippen molar-refractivity contribution >= 4 is 5.82 Å². The van der Waals surface area contributed by atoms with Gasteiger partial charge in [-0.1, -0.05) is 0 Å². The van der Waals surface area contributed by atoms with Crippen molar-refractivity contribution in [2.75, 3.05) is 25.0 Å². The van der Waals surface area contributed by atoms with Crippen LogP contribution < -0.4 is 5.32 Å². The Balaban J connectivity index is 1.34. The first-order chi connectivity index (χ1) is 11.2. The molecule has 2 atom stereocenters. The SMILES string of the molecule is Cn1cc(CN2CCC3(CC(Nc4cnccn4)CO3)C2)cn1. The van der Waals surface area contributed by atoms with Crippen molar-refractivity contribution in [1.29, 1.82) is 0 Å². The third-order valence-corrected chi connectivity index (χ3v) is 4.68. The molecule has 0 saturated carbocycles. The van der Waals surface area contributed by atoms with Gasteiger partial charge in [-0.25, -0.2) is 4.98 Å². The summed E-state index contributed by atoms with van der Waals surface area (Å²) in [5, 5.41) is 7.67. The Labute approximate surface area is 135 Å². The number of aromatic nitrogens is 4. The number of rotatable bonds is 4. The van der Waals surface area contributed by atoms with Gasteiger partial charge in [-0.15, -0.1) is 0 Å². The van der Waals surface area contributed by atoms with Crippen molar-refractivity contribution < 1.29 is 4.74 Å². The van der Waals surface area contributed by atoms with E-state index in [0.29, 0.717) is 6.04 Å². The molecular weight excluding hydrogens is 292 g/mol. The summed E-state index contributed by atoms with van der Waals surface area (Å²) in [5.41, 5.74) is 1.25. The van der Waals surface area contributed by atoms with Gasteiger partial charge >= 0.3 is 0 Å². The minimum Gasteiger partial charge on any atom is -0.371 e. The maximum Gasteiger partial charge on any atom is 0.144 e. The zero-order chi connectivity index (χ0) is 15.7. The lowest BCUT2D eigenvalue weighted by molar-refractivity contribution is 0.0120. The molecule has 1 N–H and O–H groups in total. The lowest BCUT2D eigenvalue weighted by atomic mass is 9.97. The Morgan fingerprint density at radius 2 is 2.35 bits per heavy atom. The summed E-state index contributed by atoms with van der Waals surface area (Å²) >= 11 is 0. The van der Waals surface area contributed by atoms with E-state index in [4.69, 9.17) is 4.74 Å². The smallest absolute Gasteiger partial charge is 0.144 e. The van der Waals surface area contributed by atoms with Crippen molar-refractivity contribution in [3.63, 3.8) is 0 Å². The van der Waals surface area contributed by atoms with Crippen molar-refractivity contribution in [2.45, 2.75) is 31.0 Å². The van der Waals surface area contributed by atoms with Crippen molar-refractivity contribution in [2.24, 2.45) is 7.05 Å². The van der Waals surface area contributed by atoms with Gasteiger partial charge < -0.3 is 10.1 Å². The van der Waals surface area contributed by atoms with Crippen molar-refractivity contribution in [3.05, 3.63) is 36.5 Å². The van der Waals surface area contributed by atoms with Crippen LogP contribution in [0.4, 0.5) is 5.82 Å². The highest BCUT2D eigenvalue weighted by Gasteiger charge is 2.45. The number of nitrogens with zero attached hydrogens (tertiary/aromatic N) is 5. The second-order valence-electron chi connectivity index (χ2n) is 6.61. The van der Waals surface area contributed by atoms with Crippen LogP contribution in [-0.4, -0.2) is 56.0 Å². The summed E-state index contributed by atoms with van der Waals surface area (Å²) in [5.74, 6) is 0.823. The largest absolute Gasteiger partial charge is 0.371 e. The molecular formula is C16H22N6O. The zero-order valence-corrected chi connectivity index (χ0v) is 13.4. The van der Waals surface area contributed by atoms with Gasteiger partial charge in [-0.05, 0) is 6.42 Å². The van der Waals surface area contributed by atoms with Crippen LogP contribution in [-0.2, 0) is 18.3 Å². The molecule has 4 heterocycles. The van der Waals surface area contributed by atoms with E-state index in [2.05, 4.69) is 31.5 Å². The molecule has 0 bridgehead atoms. The Kier molecular flexibility index (Phi) is 3.74. The van der Waals surface area contributed by atoms with Gasteiger partial charge in [0.05, 0.1) is 30.6 Å². The second kappa shape index (κ2) is 5.90. The molecule has 122 valence electrons. The van der Waals surface area contributed by atoms with Crippen molar-refractivity contribution in [1.82, 2.24) is 24.6 Å². The van der Waals surface area contributed by atoms with Crippen LogP contribution in [0.3, 0.4) is 0 Å². The molecule has 0 amide bonds. The predicted molar refractivity (Wildman–Crippen MR) is 85.8 cm³/mol. The number of anilines is 1. The Bertz CT molecular complexity index is 660. The van der Waals surface area contributed by atoms with Gasteiger partial charge in [0.2, 0.25) is 0 Å². The standard InChI is InChI=1S/C16H22N6O/c1-21-9-13(7-19-21)10-22-5-2-16(12-22)6-14(11-23-16)20-15-8-17-3-4-18-15/h3-4,7-9,14H,2,5-6,10-12H2,1H3,(H,18,20). The van der Waals surface area contributed by atoms with Crippen LogP contribution in [0.5, 0.6) is 0 Å². The molecule has 2 aliphatic rings. The molecule has 4 rings (SSSR count). The molecule has 2 fully saturated rings. The summed E-state index contributed by atoms with van der Waals surface area (Å²) in [7, 11) is 1.96. The molecule has 23 heavy (non-hydrogen) atoms. The topological polar surface area (TPSA) is 68.1 Å². The van der Waals surface area contributed by atoms with Crippen LogP contribution >= 0.6 is 0 Å². The summed E-state index contributed by atoms with van der Waals surface area (Å²) in [6.45, 7) is 3.74. The van der Waals surface area contributed by atoms with E-state index in [-0.39, 0.29) is 5.60 Å². The number of likely N-dealkylation sites (tertiary alicyclic amines) is 1. The Morgan fingerprint density at radius 1 is 1.39 bits per heavy atom. The van der Waals surface area contributed by atoms with Gasteiger partial charge in [0.25, 0.3) is 0 Å². The molecule has 2 unspecified atom stereocenters. The second-order valence-corrected chi connectivity index (χ2v) is 6.61. The average Bonchev–Trinajstić information content (AvgIpc) is 3.24. The van der Waals surface area contributed by atoms with E-state index < -0.39 is 0 Å². The van der Waals surface area contributed by atoms with E-state index in [1.165, 1.54) is 5.56 Å². The van der Waals surface area contributed by atoms with Gasteiger partial charge in [-0.3, -0.25) is 14.6 Å². The average molecular weight is 314 g/mol. The molecule has 2 aromatic rings. The number of hydrogen-bond donors (Lipinski definition) is 1. The molecule has 7 nitrogen and oxygen atoms in total. The summed E-state index contributed by atoms with van der Waals surface area (Å²) in [4.78, 5) is 10.8. The highest BCUT2D eigenvalue weighted by atomic mass is 16.5. The summed E-state index contributed by atoms with van der Waals surface area (Å²) < 4.78 is 8.04. The lowest BCUT2D eigenvalue weighted by Gasteiger charge is -2.23. The fourth-order valence-electron chi connectivity index (χ4n) is 3.68. The van der Waals surface area contributed by atoms with E-state index in [0.717, 1.165) is 44.9 Å². The fraction of sp³-hybridized carbons (Fsp3) is 0.562. The fourth-order valence-corrected chi connectivity index (χ4v) is 3.68. The molecule has 0 aromatic carbocycles. The van der Waals surface area contributed by atoms with Crippen LogP contribution in [0.25, 0.3) is 0 Å². The van der Waals surface area contributed by atoms with Crippen molar-refractivity contribution in [3.8, 4) is 0 Å². The van der Waals surface area contributed by atoms with Gasteiger partial charge in [0, 0.05) is 57.3 Å². The molecule has 2 aliphatic heterocycles. The first-order valence-corrected chi connectivity index (χ1v) is 8.07. The van der Waals surface area contributed by atoms with Crippen LogP contribution in [0, 0.1) is 0 Å². The minimum atomic E-state index is -0.0118. The zero-order valence-electron chi connectivity index (χ0n) is 13.4. The predicted octanol–water partition coefficient (Wildman–Crippen LogP) is 1.06. The van der Waals surface area contributed by atoms with Gasteiger partial charge in [0.1, 0.15) is 5.82 Å². The highest BCUT2D eigenvalue weighted by molar-refractivity contribution is 5.32. The number of nitrogens with one attached hydrogen (secondary N) is 1. The quantitative estimate of drug-likeness (QED) is 0.910. The first-order valence-electron chi connectivity index (χ1n) is 8.07. The van der Waals surface area contributed by atoms with E-state index in [1.807, 2.05) is 17.9 Å². The summed E-state index contributed by atoms with van der Waals surface area (Å²) in [6.07, 6.45) is 11.3. The normalized spacial score (nSPS) is 27.8. The number of aryl methyl sites for hydroxylation is 1. The maximum atomic E-state index is 6.19. The Hall–Kier alpha value is -1.99. The van der Waals surface area contributed by atoms with Crippen LogP contribution in [0.2, 0.25) is 0 Å². The molecule has 1 spiro atoms. The number of hydrogen-bond acceptors (Lipinski definition) is 6. The van der Waals surface area contributed by atoms with Crippen LogP contribution in [0.15, 0.2) is 31.0 Å². The first kappa shape index (κ1) is 14.6.